The summed E-state index contributed by atoms with van der Waals surface area (Å²) in [6, 6.07) is 20.6. The number of carbonyl (C=O) groups excluding carboxylic acids is 2. The third-order valence-electron chi connectivity index (χ3n) is 6.34. The molecule has 0 aromatic heterocycles. The summed E-state index contributed by atoms with van der Waals surface area (Å²) in [5.74, 6) is -1.34. The molecule has 0 radical (unpaired) electrons. The Bertz CT molecular complexity index is 1360. The number of rotatable bonds is 12. The van der Waals surface area contributed by atoms with E-state index in [1.165, 1.54) is 30.1 Å². The van der Waals surface area contributed by atoms with E-state index >= 15 is 0 Å². The molecule has 3 aromatic carbocycles. The number of benzene rings is 3. The first-order valence-corrected chi connectivity index (χ1v) is 14.3. The van der Waals surface area contributed by atoms with E-state index in [0.29, 0.717) is 6.54 Å². The minimum atomic E-state index is -3.98. The molecule has 0 fully saturated rings. The van der Waals surface area contributed by atoms with E-state index in [9.17, 15) is 22.4 Å². The van der Waals surface area contributed by atoms with Crippen LogP contribution in [-0.2, 0) is 32.6 Å². The van der Waals surface area contributed by atoms with E-state index in [1.54, 1.807) is 30.3 Å². The lowest BCUT2D eigenvalue weighted by Gasteiger charge is -2.33. The average Bonchev–Trinajstić information content (AvgIpc) is 2.91. The van der Waals surface area contributed by atoms with Crippen molar-refractivity contribution in [3.63, 3.8) is 0 Å². The number of likely N-dealkylation sites (N-methyl/N-ethyl adjacent to an activating group) is 1. The van der Waals surface area contributed by atoms with Gasteiger partial charge in [0.2, 0.25) is 21.8 Å². The summed E-state index contributed by atoms with van der Waals surface area (Å²) in [5, 5.41) is 2.89. The van der Waals surface area contributed by atoms with Gasteiger partial charge < -0.3 is 10.2 Å². The Hall–Kier alpha value is -3.56. The van der Waals surface area contributed by atoms with E-state index < -0.39 is 34.3 Å². The Morgan fingerprint density at radius 1 is 0.923 bits per heavy atom. The molecule has 7 nitrogen and oxygen atoms in total. The topological polar surface area (TPSA) is 86.8 Å². The molecule has 1 N–H and O–H groups in total. The smallest absolute Gasteiger partial charge is 0.243 e. The third-order valence-corrected chi connectivity index (χ3v) is 8.16. The predicted molar refractivity (Wildman–Crippen MR) is 150 cm³/mol. The number of halogens is 1. The number of aryl methyl sites for hydroxylation is 1. The van der Waals surface area contributed by atoms with Gasteiger partial charge >= 0.3 is 0 Å². The second-order valence-electron chi connectivity index (χ2n) is 10.0. The second kappa shape index (κ2) is 13.5. The minimum Gasteiger partial charge on any atom is -0.354 e. The molecule has 0 aliphatic carbocycles. The molecule has 0 spiro atoms. The van der Waals surface area contributed by atoms with Crippen LogP contribution in [0, 0.1) is 18.7 Å². The highest BCUT2D eigenvalue weighted by molar-refractivity contribution is 7.89. The maximum absolute atomic E-state index is 14.7. The highest BCUT2D eigenvalue weighted by atomic mass is 32.2. The normalized spacial score (nSPS) is 12.4. The largest absolute Gasteiger partial charge is 0.354 e. The standard InChI is InChI=1S/C30H36FN3O4S/c1-22(2)19-32-30(36)28(18-24-10-6-5-7-11-24)34(20-25-12-8-9-13-27(25)31)29(35)21-33(4)39(37,38)26-16-14-23(3)15-17-26/h5-17,22,28H,18-21H2,1-4H3,(H,32,36)/t28-/m1/s1. The average molecular weight is 554 g/mol. The summed E-state index contributed by atoms with van der Waals surface area (Å²) in [6.07, 6.45) is 0.180. The van der Waals surface area contributed by atoms with Crippen LogP contribution in [0.15, 0.2) is 83.8 Å². The second-order valence-corrected chi connectivity index (χ2v) is 12.1. The van der Waals surface area contributed by atoms with E-state index in [1.807, 2.05) is 51.1 Å². The number of nitrogens with zero attached hydrogens (tertiary/aromatic N) is 2. The first-order chi connectivity index (χ1) is 18.5. The molecule has 39 heavy (non-hydrogen) atoms. The van der Waals surface area contributed by atoms with Crippen LogP contribution < -0.4 is 5.32 Å². The van der Waals surface area contributed by atoms with Crippen molar-refractivity contribution in [1.29, 1.82) is 0 Å². The fourth-order valence-corrected chi connectivity index (χ4v) is 5.16. The molecule has 2 amide bonds. The Balaban J connectivity index is 1.97. The zero-order chi connectivity index (χ0) is 28.6. The lowest BCUT2D eigenvalue weighted by Crippen LogP contribution is -2.53. The zero-order valence-corrected chi connectivity index (χ0v) is 23.6. The SMILES string of the molecule is Cc1ccc(S(=O)(=O)N(C)CC(=O)N(Cc2ccccc2F)[C@H](Cc2ccccc2)C(=O)NCC(C)C)cc1. The monoisotopic (exact) mass is 553 g/mol. The molecule has 208 valence electrons. The fraction of sp³-hybridized carbons (Fsp3) is 0.333. The minimum absolute atomic E-state index is 0.0552. The number of amides is 2. The fourth-order valence-electron chi connectivity index (χ4n) is 4.04. The Labute approximate surface area is 230 Å². The molecule has 0 heterocycles. The van der Waals surface area contributed by atoms with Crippen LogP contribution in [0.3, 0.4) is 0 Å². The summed E-state index contributed by atoms with van der Waals surface area (Å²) >= 11 is 0. The van der Waals surface area contributed by atoms with E-state index in [4.69, 9.17) is 0 Å². The molecule has 1 atom stereocenters. The number of hydrogen-bond acceptors (Lipinski definition) is 4. The van der Waals surface area contributed by atoms with Crippen molar-refractivity contribution in [3.05, 3.63) is 101 Å². The summed E-state index contributed by atoms with van der Waals surface area (Å²) < 4.78 is 42.1. The van der Waals surface area contributed by atoms with Crippen LogP contribution in [0.4, 0.5) is 4.39 Å². The molecular formula is C30H36FN3O4S. The summed E-state index contributed by atoms with van der Waals surface area (Å²) in [5.41, 5.74) is 1.94. The molecule has 0 bridgehead atoms. The number of sulfonamides is 1. The molecule has 3 rings (SSSR count). The maximum atomic E-state index is 14.7. The van der Waals surface area contributed by atoms with Gasteiger partial charge in [-0.3, -0.25) is 9.59 Å². The highest BCUT2D eigenvalue weighted by Crippen LogP contribution is 2.19. The van der Waals surface area contributed by atoms with Crippen LogP contribution in [0.2, 0.25) is 0 Å². The van der Waals surface area contributed by atoms with Gasteiger partial charge in [-0.2, -0.15) is 4.31 Å². The van der Waals surface area contributed by atoms with Crippen molar-refractivity contribution in [2.24, 2.45) is 5.92 Å². The molecule has 0 saturated carbocycles. The van der Waals surface area contributed by atoms with Gasteiger partial charge in [0.05, 0.1) is 11.4 Å². The molecule has 0 saturated heterocycles. The van der Waals surface area contributed by atoms with Crippen molar-refractivity contribution in [2.75, 3.05) is 20.1 Å². The number of carbonyl (C=O) groups is 2. The van der Waals surface area contributed by atoms with Crippen molar-refractivity contribution in [2.45, 2.75) is 44.7 Å². The van der Waals surface area contributed by atoms with Gasteiger partial charge in [-0.05, 0) is 36.6 Å². The van der Waals surface area contributed by atoms with Crippen molar-refractivity contribution < 1.29 is 22.4 Å². The van der Waals surface area contributed by atoms with Gasteiger partial charge in [-0.1, -0.05) is 80.1 Å². The molecule has 0 aliphatic heterocycles. The van der Waals surface area contributed by atoms with Gasteiger partial charge in [-0.15, -0.1) is 0 Å². The van der Waals surface area contributed by atoms with Gasteiger partial charge in [0.15, 0.2) is 0 Å². The first kappa shape index (κ1) is 30.0. The summed E-state index contributed by atoms with van der Waals surface area (Å²) in [4.78, 5) is 28.6. The van der Waals surface area contributed by atoms with Crippen LogP contribution in [0.1, 0.15) is 30.5 Å². The number of nitrogens with one attached hydrogen (secondary N) is 1. The molecule has 9 heteroatoms. The van der Waals surface area contributed by atoms with Crippen LogP contribution in [-0.4, -0.2) is 55.6 Å². The molecule has 0 unspecified atom stereocenters. The Morgan fingerprint density at radius 2 is 1.54 bits per heavy atom. The van der Waals surface area contributed by atoms with Crippen molar-refractivity contribution in [3.8, 4) is 0 Å². The highest BCUT2D eigenvalue weighted by Gasteiger charge is 2.33. The molecule has 3 aromatic rings. The lowest BCUT2D eigenvalue weighted by atomic mass is 10.0. The summed E-state index contributed by atoms with van der Waals surface area (Å²) in [7, 11) is -2.66. The first-order valence-electron chi connectivity index (χ1n) is 12.9. The van der Waals surface area contributed by atoms with Gasteiger partial charge in [0.1, 0.15) is 11.9 Å². The van der Waals surface area contributed by atoms with E-state index in [-0.39, 0.29) is 35.2 Å². The maximum Gasteiger partial charge on any atom is 0.243 e. The third kappa shape index (κ3) is 8.21. The van der Waals surface area contributed by atoms with Gasteiger partial charge in [0.25, 0.3) is 0 Å². The van der Waals surface area contributed by atoms with Gasteiger partial charge in [0, 0.05) is 32.1 Å². The van der Waals surface area contributed by atoms with Crippen LogP contribution in [0.5, 0.6) is 0 Å². The molecule has 0 aliphatic rings. The predicted octanol–water partition coefficient (Wildman–Crippen LogP) is 4.17. The van der Waals surface area contributed by atoms with Crippen LogP contribution in [0.25, 0.3) is 0 Å². The molecular weight excluding hydrogens is 517 g/mol. The van der Waals surface area contributed by atoms with Crippen molar-refractivity contribution in [1.82, 2.24) is 14.5 Å². The van der Waals surface area contributed by atoms with Gasteiger partial charge in [-0.25, -0.2) is 12.8 Å². The van der Waals surface area contributed by atoms with E-state index in [2.05, 4.69) is 5.32 Å². The van der Waals surface area contributed by atoms with Crippen molar-refractivity contribution >= 4 is 21.8 Å². The number of hydrogen-bond donors (Lipinski definition) is 1. The zero-order valence-electron chi connectivity index (χ0n) is 22.8. The quantitative estimate of drug-likeness (QED) is 0.365. The summed E-state index contributed by atoms with van der Waals surface area (Å²) in [6.45, 7) is 5.44. The van der Waals surface area contributed by atoms with Crippen LogP contribution >= 0.6 is 0 Å². The Kier molecular flexibility index (Phi) is 10.4. The lowest BCUT2D eigenvalue weighted by molar-refractivity contribution is -0.141. The van der Waals surface area contributed by atoms with E-state index in [0.717, 1.165) is 15.4 Å². The Morgan fingerprint density at radius 3 is 2.15 bits per heavy atom.